The Hall–Kier alpha value is -1.03. The van der Waals surface area contributed by atoms with Gasteiger partial charge in [-0.25, -0.2) is 4.98 Å². The lowest BCUT2D eigenvalue weighted by molar-refractivity contribution is 1.05. The van der Waals surface area contributed by atoms with Crippen LogP contribution < -0.4 is 5.32 Å². The van der Waals surface area contributed by atoms with E-state index in [-0.39, 0.29) is 5.28 Å². The second kappa shape index (κ2) is 5.95. The van der Waals surface area contributed by atoms with Crippen LogP contribution in [0.25, 0.3) is 0 Å². The zero-order valence-electron chi connectivity index (χ0n) is 10.5. The summed E-state index contributed by atoms with van der Waals surface area (Å²) >= 11 is 18.1. The Balaban J connectivity index is 2.19. The van der Waals surface area contributed by atoms with Gasteiger partial charge in [0.15, 0.2) is 0 Å². The van der Waals surface area contributed by atoms with Gasteiger partial charge in [0.25, 0.3) is 0 Å². The van der Waals surface area contributed by atoms with Gasteiger partial charge < -0.3 is 5.32 Å². The summed E-state index contributed by atoms with van der Waals surface area (Å²) in [6.45, 7) is 4.29. The molecule has 0 bridgehead atoms. The van der Waals surface area contributed by atoms with Crippen LogP contribution in [0.4, 0.5) is 5.82 Å². The van der Waals surface area contributed by atoms with Crippen LogP contribution in [0.15, 0.2) is 18.2 Å². The number of aryl methyl sites for hydroxylation is 2. The maximum atomic E-state index is 6.17. The van der Waals surface area contributed by atoms with E-state index in [4.69, 9.17) is 34.8 Å². The van der Waals surface area contributed by atoms with Crippen LogP contribution in [0, 0.1) is 13.8 Å². The zero-order chi connectivity index (χ0) is 14.0. The average molecular weight is 317 g/mol. The molecular weight excluding hydrogens is 305 g/mol. The molecule has 0 saturated heterocycles. The fourth-order valence-corrected chi connectivity index (χ4v) is 2.28. The van der Waals surface area contributed by atoms with Crippen molar-refractivity contribution in [2.45, 2.75) is 20.4 Å². The van der Waals surface area contributed by atoms with Crippen molar-refractivity contribution in [3.8, 4) is 0 Å². The molecule has 1 heterocycles. The number of hydrogen-bond donors (Lipinski definition) is 1. The van der Waals surface area contributed by atoms with Crippen LogP contribution in [0.3, 0.4) is 0 Å². The Labute approximate surface area is 126 Å². The topological polar surface area (TPSA) is 37.8 Å². The maximum absolute atomic E-state index is 6.17. The van der Waals surface area contributed by atoms with E-state index in [1.165, 1.54) is 0 Å². The summed E-state index contributed by atoms with van der Waals surface area (Å²) < 4.78 is 0. The van der Waals surface area contributed by atoms with Crippen LogP contribution in [-0.4, -0.2) is 9.97 Å². The Morgan fingerprint density at radius 1 is 1.11 bits per heavy atom. The second-order valence-corrected chi connectivity index (χ2v) is 5.31. The Morgan fingerprint density at radius 3 is 2.53 bits per heavy atom. The minimum Gasteiger partial charge on any atom is -0.365 e. The molecule has 0 aliphatic rings. The van der Waals surface area contributed by atoms with E-state index in [0.717, 1.165) is 11.1 Å². The molecule has 19 heavy (non-hydrogen) atoms. The van der Waals surface area contributed by atoms with E-state index < -0.39 is 0 Å². The smallest absolute Gasteiger partial charge is 0.224 e. The third kappa shape index (κ3) is 3.50. The van der Waals surface area contributed by atoms with Crippen molar-refractivity contribution in [1.29, 1.82) is 0 Å². The van der Waals surface area contributed by atoms with Crippen molar-refractivity contribution >= 4 is 40.6 Å². The van der Waals surface area contributed by atoms with Gasteiger partial charge in [0.2, 0.25) is 5.28 Å². The van der Waals surface area contributed by atoms with Gasteiger partial charge >= 0.3 is 0 Å². The van der Waals surface area contributed by atoms with E-state index >= 15 is 0 Å². The quantitative estimate of drug-likeness (QED) is 0.836. The van der Waals surface area contributed by atoms with Gasteiger partial charge in [0.1, 0.15) is 10.8 Å². The first-order valence-electron chi connectivity index (χ1n) is 5.66. The Bertz CT molecular complexity index is 614. The van der Waals surface area contributed by atoms with Gasteiger partial charge in [-0.2, -0.15) is 4.98 Å². The molecule has 2 aromatic rings. The molecule has 1 N–H and O–H groups in total. The van der Waals surface area contributed by atoms with Gasteiger partial charge in [-0.3, -0.25) is 0 Å². The number of nitrogens with zero attached hydrogens (tertiary/aromatic N) is 2. The van der Waals surface area contributed by atoms with Crippen molar-refractivity contribution < 1.29 is 0 Å². The number of halogens is 3. The molecule has 100 valence electrons. The molecular formula is C13H12Cl3N3. The number of rotatable bonds is 3. The van der Waals surface area contributed by atoms with Crippen molar-refractivity contribution in [2.24, 2.45) is 0 Å². The minimum absolute atomic E-state index is 0.166. The van der Waals surface area contributed by atoms with Gasteiger partial charge in [-0.05, 0) is 42.6 Å². The minimum atomic E-state index is 0.166. The Morgan fingerprint density at radius 2 is 1.84 bits per heavy atom. The molecule has 1 aromatic carbocycles. The van der Waals surface area contributed by atoms with E-state index in [1.54, 1.807) is 6.92 Å². The Kier molecular flexibility index (Phi) is 4.50. The standard InChI is InChI=1S/C13H12Cl3N3/c1-7-3-4-9(10(14)5-7)6-17-12-11(15)8(2)18-13(16)19-12/h3-5H,6H2,1-2H3,(H,17,18,19). The highest BCUT2D eigenvalue weighted by Crippen LogP contribution is 2.25. The highest BCUT2D eigenvalue weighted by molar-refractivity contribution is 6.34. The number of anilines is 1. The van der Waals surface area contributed by atoms with Crippen molar-refractivity contribution in [1.82, 2.24) is 9.97 Å². The predicted octanol–water partition coefficient (Wildman–Crippen LogP) is 4.67. The van der Waals surface area contributed by atoms with Crippen LogP contribution in [0.1, 0.15) is 16.8 Å². The fourth-order valence-electron chi connectivity index (χ4n) is 1.62. The molecule has 0 atom stereocenters. The number of aromatic nitrogens is 2. The number of nitrogens with one attached hydrogen (secondary N) is 1. The molecule has 0 unspecified atom stereocenters. The molecule has 0 aliphatic heterocycles. The first-order valence-corrected chi connectivity index (χ1v) is 6.79. The lowest BCUT2D eigenvalue weighted by Crippen LogP contribution is -2.04. The van der Waals surface area contributed by atoms with Crippen molar-refractivity contribution in [2.75, 3.05) is 5.32 Å². The van der Waals surface area contributed by atoms with Gasteiger partial charge in [0.05, 0.1) is 5.69 Å². The van der Waals surface area contributed by atoms with Gasteiger partial charge in [-0.15, -0.1) is 0 Å². The molecule has 1 aromatic heterocycles. The first-order chi connectivity index (χ1) is 8.97. The van der Waals surface area contributed by atoms with E-state index in [1.807, 2.05) is 25.1 Å². The first kappa shape index (κ1) is 14.4. The van der Waals surface area contributed by atoms with Crippen molar-refractivity contribution in [3.05, 3.63) is 50.3 Å². The summed E-state index contributed by atoms with van der Waals surface area (Å²) in [5.41, 5.74) is 2.72. The summed E-state index contributed by atoms with van der Waals surface area (Å²) in [4.78, 5) is 8.04. The fraction of sp³-hybridized carbons (Fsp3) is 0.231. The van der Waals surface area contributed by atoms with Crippen molar-refractivity contribution in [3.63, 3.8) is 0 Å². The number of benzene rings is 1. The van der Waals surface area contributed by atoms with Gasteiger partial charge in [-0.1, -0.05) is 35.3 Å². The van der Waals surface area contributed by atoms with Crippen LogP contribution in [0.5, 0.6) is 0 Å². The summed E-state index contributed by atoms with van der Waals surface area (Å²) in [5.74, 6) is 0.510. The van der Waals surface area contributed by atoms with Crippen LogP contribution >= 0.6 is 34.8 Å². The monoisotopic (exact) mass is 315 g/mol. The van der Waals surface area contributed by atoms with Crippen LogP contribution in [-0.2, 0) is 6.54 Å². The van der Waals surface area contributed by atoms with E-state index in [9.17, 15) is 0 Å². The number of hydrogen-bond acceptors (Lipinski definition) is 3. The molecule has 3 nitrogen and oxygen atoms in total. The average Bonchev–Trinajstić information content (AvgIpc) is 2.33. The zero-order valence-corrected chi connectivity index (χ0v) is 12.7. The van der Waals surface area contributed by atoms with Crippen LogP contribution in [0.2, 0.25) is 15.3 Å². The van der Waals surface area contributed by atoms with E-state index in [0.29, 0.717) is 28.1 Å². The maximum Gasteiger partial charge on any atom is 0.224 e. The third-order valence-electron chi connectivity index (χ3n) is 2.64. The molecule has 0 fully saturated rings. The third-order valence-corrected chi connectivity index (χ3v) is 3.62. The van der Waals surface area contributed by atoms with Gasteiger partial charge in [0, 0.05) is 11.6 Å². The molecule has 0 aliphatic carbocycles. The molecule has 2 rings (SSSR count). The summed E-state index contributed by atoms with van der Waals surface area (Å²) in [6, 6.07) is 5.88. The SMILES string of the molecule is Cc1ccc(CNc2nc(Cl)nc(C)c2Cl)c(Cl)c1. The lowest BCUT2D eigenvalue weighted by atomic mass is 10.1. The largest absolute Gasteiger partial charge is 0.365 e. The summed E-state index contributed by atoms with van der Waals surface area (Å²) in [7, 11) is 0. The molecule has 6 heteroatoms. The highest BCUT2D eigenvalue weighted by Gasteiger charge is 2.09. The second-order valence-electron chi connectivity index (χ2n) is 4.19. The molecule has 0 amide bonds. The molecule has 0 spiro atoms. The summed E-state index contributed by atoms with van der Waals surface area (Å²) in [5, 5.41) is 4.46. The molecule has 0 saturated carbocycles. The highest BCUT2D eigenvalue weighted by atomic mass is 35.5. The normalized spacial score (nSPS) is 10.6. The predicted molar refractivity (Wildman–Crippen MR) is 80.3 cm³/mol. The molecule has 0 radical (unpaired) electrons. The van der Waals surface area contributed by atoms with E-state index in [2.05, 4.69) is 15.3 Å². The lowest BCUT2D eigenvalue weighted by Gasteiger charge is -2.10. The summed E-state index contributed by atoms with van der Waals surface area (Å²) in [6.07, 6.45) is 0.